The molecule has 2 rings (SSSR count). The Morgan fingerprint density at radius 2 is 2.12 bits per heavy atom. The first-order valence-electron chi connectivity index (χ1n) is 5.13. The van der Waals surface area contributed by atoms with Crippen LogP contribution in [-0.4, -0.2) is 24.1 Å². The van der Waals surface area contributed by atoms with Gasteiger partial charge in [-0.25, -0.2) is 4.39 Å². The molecule has 0 aromatic heterocycles. The summed E-state index contributed by atoms with van der Waals surface area (Å²) in [5.41, 5.74) is 5.98. The topological polar surface area (TPSA) is 55.6 Å². The van der Waals surface area contributed by atoms with Gasteiger partial charge in [0.05, 0.1) is 6.61 Å². The summed E-state index contributed by atoms with van der Waals surface area (Å²) in [5, 5.41) is 1.55. The van der Waals surface area contributed by atoms with Crippen LogP contribution in [0.3, 0.4) is 0 Å². The summed E-state index contributed by atoms with van der Waals surface area (Å²) in [5.74, 6) is -0.831. The number of hydrogen-bond acceptors (Lipinski definition) is 3. The molecule has 1 saturated heterocycles. The monoisotopic (exact) mass is 224 g/mol. The Kier molecular flexibility index (Phi) is 3.17. The van der Waals surface area contributed by atoms with Gasteiger partial charge >= 0.3 is 0 Å². The van der Waals surface area contributed by atoms with Crippen molar-refractivity contribution >= 4 is 5.91 Å². The smallest absolute Gasteiger partial charge is 0.241 e. The summed E-state index contributed by atoms with van der Waals surface area (Å²) in [7, 11) is 0. The number of hydrogen-bond donors (Lipinski definition) is 1. The predicted molar refractivity (Wildman–Crippen MR) is 55.6 cm³/mol. The number of amides is 1. The molecular weight excluding hydrogens is 211 g/mol. The van der Waals surface area contributed by atoms with Crippen LogP contribution in [0.25, 0.3) is 0 Å². The van der Waals surface area contributed by atoms with Crippen molar-refractivity contribution in [1.82, 2.24) is 5.06 Å². The van der Waals surface area contributed by atoms with Gasteiger partial charge in [-0.3, -0.25) is 9.63 Å². The van der Waals surface area contributed by atoms with E-state index in [0.29, 0.717) is 18.7 Å². The van der Waals surface area contributed by atoms with E-state index in [1.165, 1.54) is 12.1 Å². The van der Waals surface area contributed by atoms with Gasteiger partial charge in [0, 0.05) is 6.54 Å². The van der Waals surface area contributed by atoms with Crippen LogP contribution in [0.1, 0.15) is 18.0 Å². The van der Waals surface area contributed by atoms with Crippen LogP contribution in [0, 0.1) is 5.82 Å². The number of nitrogens with two attached hydrogens (primary N) is 1. The average Bonchev–Trinajstić information content (AvgIpc) is 2.74. The van der Waals surface area contributed by atoms with E-state index in [1.54, 1.807) is 17.2 Å². The molecule has 1 aliphatic heterocycles. The van der Waals surface area contributed by atoms with Crippen LogP contribution < -0.4 is 5.73 Å². The maximum atomic E-state index is 12.8. The van der Waals surface area contributed by atoms with Gasteiger partial charge < -0.3 is 5.73 Å². The van der Waals surface area contributed by atoms with Crippen LogP contribution in [-0.2, 0) is 9.63 Å². The zero-order valence-electron chi connectivity index (χ0n) is 8.73. The molecule has 1 amide bonds. The fourth-order valence-electron chi connectivity index (χ4n) is 1.79. The van der Waals surface area contributed by atoms with E-state index >= 15 is 0 Å². The largest absolute Gasteiger partial charge is 0.368 e. The van der Waals surface area contributed by atoms with Crippen molar-refractivity contribution in [2.75, 3.05) is 13.2 Å². The first-order valence-corrected chi connectivity index (χ1v) is 5.13. The van der Waals surface area contributed by atoms with Gasteiger partial charge in [0.2, 0.25) is 5.91 Å². The van der Waals surface area contributed by atoms with Crippen molar-refractivity contribution in [2.24, 2.45) is 5.73 Å². The van der Waals surface area contributed by atoms with E-state index in [2.05, 4.69) is 0 Å². The number of nitrogens with zero attached hydrogens (tertiary/aromatic N) is 1. The summed E-state index contributed by atoms with van der Waals surface area (Å²) in [4.78, 5) is 16.7. The molecule has 16 heavy (non-hydrogen) atoms. The first-order chi connectivity index (χ1) is 7.68. The lowest BCUT2D eigenvalue weighted by atomic mass is 10.1. The highest BCUT2D eigenvalue weighted by Gasteiger charge is 2.29. The Labute approximate surface area is 92.7 Å². The van der Waals surface area contributed by atoms with Crippen molar-refractivity contribution < 1.29 is 14.0 Å². The van der Waals surface area contributed by atoms with E-state index in [0.717, 1.165) is 6.42 Å². The number of hydroxylamine groups is 2. The molecule has 1 heterocycles. The van der Waals surface area contributed by atoms with Gasteiger partial charge in [0.25, 0.3) is 0 Å². The molecule has 5 heteroatoms. The quantitative estimate of drug-likeness (QED) is 0.833. The van der Waals surface area contributed by atoms with Gasteiger partial charge in [0.15, 0.2) is 0 Å². The Morgan fingerprint density at radius 3 is 2.62 bits per heavy atom. The second-order valence-electron chi connectivity index (χ2n) is 3.68. The molecule has 1 fully saturated rings. The van der Waals surface area contributed by atoms with Crippen LogP contribution in [0.15, 0.2) is 24.3 Å². The minimum absolute atomic E-state index is 0.339. The third-order valence-electron chi connectivity index (χ3n) is 2.52. The minimum Gasteiger partial charge on any atom is -0.368 e. The number of carbonyl (C=O) groups is 1. The summed E-state index contributed by atoms with van der Waals surface area (Å²) < 4.78 is 12.8. The fraction of sp³-hybridized carbons (Fsp3) is 0.364. The van der Waals surface area contributed by atoms with Crippen LogP contribution in [0.5, 0.6) is 0 Å². The Hall–Kier alpha value is -1.46. The van der Waals surface area contributed by atoms with E-state index < -0.39 is 11.9 Å². The molecule has 0 saturated carbocycles. The van der Waals surface area contributed by atoms with Gasteiger partial charge in [-0.05, 0) is 24.1 Å². The van der Waals surface area contributed by atoms with Crippen molar-refractivity contribution in [3.63, 3.8) is 0 Å². The average molecular weight is 224 g/mol. The molecule has 2 N–H and O–H groups in total. The van der Waals surface area contributed by atoms with Gasteiger partial charge in [-0.15, -0.1) is 0 Å². The van der Waals surface area contributed by atoms with E-state index in [-0.39, 0.29) is 5.82 Å². The maximum absolute atomic E-state index is 12.8. The SMILES string of the molecule is NC(=O)[C@@H](c1ccc(F)cc1)N1CCCO1. The standard InChI is InChI=1S/C11H13FN2O2/c12-9-4-2-8(3-5-9)10(11(13)15)14-6-1-7-16-14/h2-5,10H,1,6-7H2,(H2,13,15)/t10-/m1/s1. The van der Waals surface area contributed by atoms with Crippen molar-refractivity contribution in [1.29, 1.82) is 0 Å². The lowest BCUT2D eigenvalue weighted by Gasteiger charge is -2.23. The molecule has 0 unspecified atom stereocenters. The van der Waals surface area contributed by atoms with E-state index in [4.69, 9.17) is 10.6 Å². The zero-order valence-corrected chi connectivity index (χ0v) is 8.73. The Balaban J connectivity index is 2.24. The maximum Gasteiger partial charge on any atom is 0.241 e. The molecule has 0 radical (unpaired) electrons. The first kappa shape index (κ1) is 11.0. The second kappa shape index (κ2) is 4.59. The number of benzene rings is 1. The summed E-state index contributed by atoms with van der Waals surface area (Å²) in [6, 6.07) is 5.07. The lowest BCUT2D eigenvalue weighted by molar-refractivity contribution is -0.160. The summed E-state index contributed by atoms with van der Waals surface area (Å²) >= 11 is 0. The highest BCUT2D eigenvalue weighted by atomic mass is 19.1. The molecule has 1 aliphatic rings. The van der Waals surface area contributed by atoms with Crippen molar-refractivity contribution in [3.05, 3.63) is 35.6 Å². The normalized spacial score (nSPS) is 18.6. The van der Waals surface area contributed by atoms with E-state index in [1.807, 2.05) is 0 Å². The molecule has 0 bridgehead atoms. The zero-order chi connectivity index (χ0) is 11.5. The molecule has 1 atom stereocenters. The number of halogens is 1. The van der Waals surface area contributed by atoms with Gasteiger partial charge in [-0.1, -0.05) is 12.1 Å². The third-order valence-corrected chi connectivity index (χ3v) is 2.52. The van der Waals surface area contributed by atoms with Crippen molar-refractivity contribution in [3.8, 4) is 0 Å². The van der Waals surface area contributed by atoms with Crippen molar-refractivity contribution in [2.45, 2.75) is 12.5 Å². The highest BCUT2D eigenvalue weighted by molar-refractivity contribution is 5.81. The fourth-order valence-corrected chi connectivity index (χ4v) is 1.79. The Bertz CT molecular complexity index is 374. The number of rotatable bonds is 3. The molecule has 1 aromatic rings. The van der Waals surface area contributed by atoms with Crippen LogP contribution in [0.2, 0.25) is 0 Å². The molecule has 4 nitrogen and oxygen atoms in total. The lowest BCUT2D eigenvalue weighted by Crippen LogP contribution is -2.35. The number of primary amides is 1. The van der Waals surface area contributed by atoms with Gasteiger partial charge in [0.1, 0.15) is 11.9 Å². The third kappa shape index (κ3) is 2.20. The van der Waals surface area contributed by atoms with Crippen LogP contribution >= 0.6 is 0 Å². The summed E-state index contributed by atoms with van der Waals surface area (Å²) in [6.07, 6.45) is 0.866. The Morgan fingerprint density at radius 1 is 1.44 bits per heavy atom. The molecule has 1 aromatic carbocycles. The second-order valence-corrected chi connectivity index (χ2v) is 3.68. The highest BCUT2D eigenvalue weighted by Crippen LogP contribution is 2.24. The molecule has 86 valence electrons. The molecule has 0 aliphatic carbocycles. The summed E-state index contributed by atoms with van der Waals surface area (Å²) in [6.45, 7) is 1.25. The molecule has 0 spiro atoms. The van der Waals surface area contributed by atoms with Gasteiger partial charge in [-0.2, -0.15) is 5.06 Å². The van der Waals surface area contributed by atoms with E-state index in [9.17, 15) is 9.18 Å². The minimum atomic E-state index is -0.636. The number of carbonyl (C=O) groups excluding carboxylic acids is 1. The predicted octanol–water partition coefficient (Wildman–Crippen LogP) is 0.989. The molecular formula is C11H13FN2O2. The van der Waals surface area contributed by atoms with Crippen LogP contribution in [0.4, 0.5) is 4.39 Å².